The van der Waals surface area contributed by atoms with Crippen LogP contribution in [0.5, 0.6) is 0 Å². The molecule has 0 aliphatic carbocycles. The van der Waals surface area contributed by atoms with Gasteiger partial charge in [-0.1, -0.05) is 36.4 Å². The van der Waals surface area contributed by atoms with Crippen LogP contribution in [0, 0.1) is 0 Å². The normalized spacial score (nSPS) is 10.3. The number of aromatic nitrogens is 3. The molecule has 0 aliphatic rings. The number of carbonyl (C=O) groups is 1. The van der Waals surface area contributed by atoms with E-state index in [0.29, 0.717) is 31.1 Å². The van der Waals surface area contributed by atoms with Crippen molar-refractivity contribution < 1.29 is 4.79 Å². The van der Waals surface area contributed by atoms with Crippen molar-refractivity contribution in [3.05, 3.63) is 84.1 Å². The number of carbonyl (C=O) groups excluding carboxylic acids is 1. The standard InChI is InChI=1S/C20H21N5O/c1-2-25(14-16-7-4-3-5-8-16)20(26)18-11-19(24-15-23-18)22-13-17-9-6-10-21-12-17/h3-12,15H,2,13-14H2,1H3,(H,22,23,24). The smallest absolute Gasteiger partial charge is 0.272 e. The molecule has 6 nitrogen and oxygen atoms in total. The highest BCUT2D eigenvalue weighted by atomic mass is 16.2. The number of amides is 1. The van der Waals surface area contributed by atoms with Crippen molar-refractivity contribution in [3.63, 3.8) is 0 Å². The maximum Gasteiger partial charge on any atom is 0.272 e. The van der Waals surface area contributed by atoms with Crippen molar-refractivity contribution in [2.45, 2.75) is 20.0 Å². The molecular weight excluding hydrogens is 326 g/mol. The second-order valence-electron chi connectivity index (χ2n) is 5.81. The van der Waals surface area contributed by atoms with Gasteiger partial charge in [0.05, 0.1) is 0 Å². The SMILES string of the molecule is CCN(Cc1ccccc1)C(=O)c1cc(NCc2cccnc2)ncn1. The first-order valence-electron chi connectivity index (χ1n) is 8.54. The predicted molar refractivity (Wildman–Crippen MR) is 100 cm³/mol. The fourth-order valence-corrected chi connectivity index (χ4v) is 2.56. The van der Waals surface area contributed by atoms with Crippen LogP contribution in [-0.4, -0.2) is 32.3 Å². The van der Waals surface area contributed by atoms with Gasteiger partial charge in [-0.05, 0) is 24.1 Å². The summed E-state index contributed by atoms with van der Waals surface area (Å²) >= 11 is 0. The maximum absolute atomic E-state index is 12.8. The Balaban J connectivity index is 1.68. The lowest BCUT2D eigenvalue weighted by atomic mass is 10.2. The summed E-state index contributed by atoms with van der Waals surface area (Å²) in [7, 11) is 0. The molecule has 0 bridgehead atoms. The molecule has 0 spiro atoms. The van der Waals surface area contributed by atoms with E-state index in [2.05, 4.69) is 20.3 Å². The van der Waals surface area contributed by atoms with Crippen molar-refractivity contribution in [2.24, 2.45) is 0 Å². The van der Waals surface area contributed by atoms with Crippen LogP contribution in [0.25, 0.3) is 0 Å². The summed E-state index contributed by atoms with van der Waals surface area (Å²) in [5, 5.41) is 3.20. The summed E-state index contributed by atoms with van der Waals surface area (Å²) in [6.45, 7) is 3.71. The maximum atomic E-state index is 12.8. The Morgan fingerprint density at radius 2 is 1.88 bits per heavy atom. The molecule has 0 atom stereocenters. The molecule has 2 aromatic heterocycles. The van der Waals surface area contributed by atoms with Crippen molar-refractivity contribution in [2.75, 3.05) is 11.9 Å². The minimum Gasteiger partial charge on any atom is -0.366 e. The van der Waals surface area contributed by atoms with Gasteiger partial charge >= 0.3 is 0 Å². The zero-order valence-corrected chi connectivity index (χ0v) is 14.7. The highest BCUT2D eigenvalue weighted by Crippen LogP contribution is 2.11. The van der Waals surface area contributed by atoms with Gasteiger partial charge in [0, 0.05) is 38.1 Å². The Kier molecular flexibility index (Phi) is 5.88. The Hall–Kier alpha value is -3.28. The van der Waals surface area contributed by atoms with E-state index in [1.54, 1.807) is 23.4 Å². The second kappa shape index (κ2) is 8.71. The van der Waals surface area contributed by atoms with Crippen LogP contribution >= 0.6 is 0 Å². The van der Waals surface area contributed by atoms with Crippen molar-refractivity contribution >= 4 is 11.7 Å². The minimum absolute atomic E-state index is 0.108. The van der Waals surface area contributed by atoms with E-state index >= 15 is 0 Å². The lowest BCUT2D eigenvalue weighted by Gasteiger charge is -2.20. The van der Waals surface area contributed by atoms with Gasteiger partial charge in [-0.3, -0.25) is 9.78 Å². The summed E-state index contributed by atoms with van der Waals surface area (Å²) < 4.78 is 0. The summed E-state index contributed by atoms with van der Waals surface area (Å²) in [5.74, 6) is 0.506. The highest BCUT2D eigenvalue weighted by Gasteiger charge is 2.16. The van der Waals surface area contributed by atoms with Crippen LogP contribution in [0.3, 0.4) is 0 Å². The van der Waals surface area contributed by atoms with Gasteiger partial charge in [-0.25, -0.2) is 9.97 Å². The van der Waals surface area contributed by atoms with E-state index in [9.17, 15) is 4.79 Å². The van der Waals surface area contributed by atoms with Crippen LogP contribution in [0.1, 0.15) is 28.5 Å². The number of nitrogens with one attached hydrogen (secondary N) is 1. The third-order valence-corrected chi connectivity index (χ3v) is 3.97. The molecule has 3 rings (SSSR count). The topological polar surface area (TPSA) is 71.0 Å². The zero-order valence-electron chi connectivity index (χ0n) is 14.7. The largest absolute Gasteiger partial charge is 0.366 e. The van der Waals surface area contributed by atoms with Crippen LogP contribution < -0.4 is 5.32 Å². The van der Waals surface area contributed by atoms with E-state index in [0.717, 1.165) is 11.1 Å². The molecule has 0 saturated carbocycles. The molecule has 6 heteroatoms. The van der Waals surface area contributed by atoms with E-state index in [1.165, 1.54) is 6.33 Å². The van der Waals surface area contributed by atoms with Gasteiger partial charge in [0.1, 0.15) is 17.8 Å². The number of benzene rings is 1. The summed E-state index contributed by atoms with van der Waals surface area (Å²) in [4.78, 5) is 27.0. The van der Waals surface area contributed by atoms with Gasteiger partial charge < -0.3 is 10.2 Å². The lowest BCUT2D eigenvalue weighted by molar-refractivity contribution is 0.0746. The molecule has 26 heavy (non-hydrogen) atoms. The van der Waals surface area contributed by atoms with Gasteiger partial charge in [0.2, 0.25) is 0 Å². The molecule has 1 aromatic carbocycles. The third kappa shape index (κ3) is 4.63. The molecule has 0 saturated heterocycles. The van der Waals surface area contributed by atoms with E-state index < -0.39 is 0 Å². The quantitative estimate of drug-likeness (QED) is 0.711. The fraction of sp³-hybridized carbons (Fsp3) is 0.200. The molecule has 3 aromatic rings. The fourth-order valence-electron chi connectivity index (χ4n) is 2.56. The average Bonchev–Trinajstić information content (AvgIpc) is 2.72. The second-order valence-corrected chi connectivity index (χ2v) is 5.81. The van der Waals surface area contributed by atoms with Gasteiger partial charge in [-0.2, -0.15) is 0 Å². The number of hydrogen-bond acceptors (Lipinski definition) is 5. The van der Waals surface area contributed by atoms with E-state index in [4.69, 9.17) is 0 Å². The monoisotopic (exact) mass is 347 g/mol. The number of pyridine rings is 1. The van der Waals surface area contributed by atoms with Crippen molar-refractivity contribution in [1.29, 1.82) is 0 Å². The van der Waals surface area contributed by atoms with Crippen LogP contribution in [-0.2, 0) is 13.1 Å². The predicted octanol–water partition coefficient (Wildman–Crippen LogP) is 3.15. The number of rotatable bonds is 7. The summed E-state index contributed by atoms with van der Waals surface area (Å²) in [6, 6.07) is 15.5. The zero-order chi connectivity index (χ0) is 18.2. The molecule has 2 heterocycles. The number of hydrogen-bond donors (Lipinski definition) is 1. The Morgan fingerprint density at radius 3 is 2.62 bits per heavy atom. The van der Waals surface area contributed by atoms with Crippen molar-refractivity contribution in [1.82, 2.24) is 19.9 Å². The first kappa shape index (κ1) is 17.5. The first-order chi connectivity index (χ1) is 12.8. The molecule has 1 amide bonds. The first-order valence-corrected chi connectivity index (χ1v) is 8.54. The molecule has 0 fully saturated rings. The molecule has 1 N–H and O–H groups in total. The summed E-state index contributed by atoms with van der Waals surface area (Å²) in [6.07, 6.45) is 4.94. The van der Waals surface area contributed by atoms with Crippen LogP contribution in [0.4, 0.5) is 5.82 Å². The lowest BCUT2D eigenvalue weighted by Crippen LogP contribution is -2.31. The molecule has 0 radical (unpaired) electrons. The molecule has 0 unspecified atom stereocenters. The Labute approximate surface area is 153 Å². The molecule has 132 valence electrons. The van der Waals surface area contributed by atoms with Crippen LogP contribution in [0.2, 0.25) is 0 Å². The number of anilines is 1. The van der Waals surface area contributed by atoms with Crippen LogP contribution in [0.15, 0.2) is 67.3 Å². The third-order valence-electron chi connectivity index (χ3n) is 3.97. The Morgan fingerprint density at radius 1 is 1.08 bits per heavy atom. The van der Waals surface area contributed by atoms with E-state index in [-0.39, 0.29) is 5.91 Å². The van der Waals surface area contributed by atoms with E-state index in [1.807, 2.05) is 49.4 Å². The van der Waals surface area contributed by atoms with Gasteiger partial charge in [-0.15, -0.1) is 0 Å². The van der Waals surface area contributed by atoms with Crippen molar-refractivity contribution in [3.8, 4) is 0 Å². The Bertz CT molecular complexity index is 839. The highest BCUT2D eigenvalue weighted by molar-refractivity contribution is 5.92. The number of nitrogens with zero attached hydrogens (tertiary/aromatic N) is 4. The molecular formula is C20H21N5O. The van der Waals surface area contributed by atoms with Gasteiger partial charge in [0.15, 0.2) is 0 Å². The summed E-state index contributed by atoms with van der Waals surface area (Å²) in [5.41, 5.74) is 2.51. The average molecular weight is 347 g/mol. The minimum atomic E-state index is -0.108. The molecule has 0 aliphatic heterocycles. The van der Waals surface area contributed by atoms with Gasteiger partial charge in [0.25, 0.3) is 5.91 Å².